The Morgan fingerprint density at radius 1 is 1.40 bits per heavy atom. The molecule has 8 heteroatoms. The molecule has 1 heterocycles. The van der Waals surface area contributed by atoms with Crippen LogP contribution in [0.25, 0.3) is 11.3 Å². The van der Waals surface area contributed by atoms with Crippen LogP contribution in [0.3, 0.4) is 0 Å². The molecule has 2 aromatic rings. The number of nitrogens with zero attached hydrogens (tertiary/aromatic N) is 1. The highest BCUT2D eigenvalue weighted by Crippen LogP contribution is 2.41. The van der Waals surface area contributed by atoms with Gasteiger partial charge in [0.25, 0.3) is 0 Å². The number of halogens is 2. The Bertz CT molecular complexity index is 672. The van der Waals surface area contributed by atoms with E-state index >= 15 is 0 Å². The van der Waals surface area contributed by atoms with Crippen LogP contribution < -0.4 is 9.47 Å². The predicted molar refractivity (Wildman–Crippen MR) is 69.1 cm³/mol. The SMILES string of the molecule is COc1cc(-c2cc(C(=O)O)[nH]n2)c(F)c(Cl)c1OC. The van der Waals surface area contributed by atoms with Crippen LogP contribution in [-0.2, 0) is 0 Å². The highest BCUT2D eigenvalue weighted by atomic mass is 35.5. The molecule has 0 aliphatic rings. The average molecular weight is 301 g/mol. The number of hydrogen-bond donors (Lipinski definition) is 2. The Morgan fingerprint density at radius 3 is 2.60 bits per heavy atom. The van der Waals surface area contributed by atoms with Crippen LogP contribution in [-0.4, -0.2) is 35.5 Å². The van der Waals surface area contributed by atoms with Crippen molar-refractivity contribution in [1.82, 2.24) is 10.2 Å². The van der Waals surface area contributed by atoms with Crippen molar-refractivity contribution < 1.29 is 23.8 Å². The van der Waals surface area contributed by atoms with E-state index in [0.717, 1.165) is 0 Å². The third-order valence-corrected chi connectivity index (χ3v) is 2.97. The summed E-state index contributed by atoms with van der Waals surface area (Å²) in [5, 5.41) is 14.6. The van der Waals surface area contributed by atoms with Crippen molar-refractivity contribution in [3.63, 3.8) is 0 Å². The van der Waals surface area contributed by atoms with Crippen LogP contribution in [0.4, 0.5) is 4.39 Å². The molecule has 2 rings (SSSR count). The molecular formula is C12H10ClFN2O4. The Labute approximate surface area is 118 Å². The number of carboxylic acids is 1. The molecule has 0 aliphatic heterocycles. The van der Waals surface area contributed by atoms with Crippen LogP contribution in [0.5, 0.6) is 11.5 Å². The van der Waals surface area contributed by atoms with Gasteiger partial charge in [0.2, 0.25) is 0 Å². The van der Waals surface area contributed by atoms with E-state index in [0.29, 0.717) is 0 Å². The van der Waals surface area contributed by atoms with Gasteiger partial charge in [-0.1, -0.05) is 11.6 Å². The lowest BCUT2D eigenvalue weighted by Crippen LogP contribution is -1.96. The maximum Gasteiger partial charge on any atom is 0.353 e. The lowest BCUT2D eigenvalue weighted by atomic mass is 10.1. The number of aromatic nitrogens is 2. The number of aromatic carboxylic acids is 1. The smallest absolute Gasteiger partial charge is 0.353 e. The summed E-state index contributed by atoms with van der Waals surface area (Å²) in [7, 11) is 2.71. The molecule has 2 N–H and O–H groups in total. The normalized spacial score (nSPS) is 10.4. The molecule has 0 fully saturated rings. The van der Waals surface area contributed by atoms with E-state index in [4.69, 9.17) is 26.2 Å². The number of aromatic amines is 1. The molecule has 0 saturated heterocycles. The lowest BCUT2D eigenvalue weighted by molar-refractivity contribution is 0.0690. The van der Waals surface area contributed by atoms with Crippen LogP contribution in [0.15, 0.2) is 12.1 Å². The molecule has 0 radical (unpaired) electrons. The second kappa shape index (κ2) is 5.38. The number of ether oxygens (including phenoxy) is 2. The van der Waals surface area contributed by atoms with Crippen LogP contribution in [0.1, 0.15) is 10.5 Å². The number of nitrogens with one attached hydrogen (secondary N) is 1. The zero-order valence-electron chi connectivity index (χ0n) is 10.5. The van der Waals surface area contributed by atoms with Gasteiger partial charge in [-0.3, -0.25) is 5.10 Å². The molecule has 0 spiro atoms. The maximum atomic E-state index is 14.2. The minimum Gasteiger partial charge on any atom is -0.493 e. The number of benzene rings is 1. The van der Waals surface area contributed by atoms with E-state index in [-0.39, 0.29) is 33.5 Å². The first-order valence-corrected chi connectivity index (χ1v) is 5.76. The Balaban J connectivity index is 2.61. The highest BCUT2D eigenvalue weighted by Gasteiger charge is 2.21. The van der Waals surface area contributed by atoms with Gasteiger partial charge in [0.15, 0.2) is 17.3 Å². The molecular weight excluding hydrogens is 291 g/mol. The van der Waals surface area contributed by atoms with Crippen molar-refractivity contribution >= 4 is 17.6 Å². The summed E-state index contributed by atoms with van der Waals surface area (Å²) in [4.78, 5) is 10.8. The van der Waals surface area contributed by atoms with Gasteiger partial charge < -0.3 is 14.6 Å². The molecule has 106 valence electrons. The molecule has 6 nitrogen and oxygen atoms in total. The van der Waals surface area contributed by atoms with E-state index < -0.39 is 11.8 Å². The summed E-state index contributed by atoms with van der Waals surface area (Å²) in [5.41, 5.74) is -0.0514. The van der Waals surface area contributed by atoms with Gasteiger partial charge in [-0.15, -0.1) is 0 Å². The van der Waals surface area contributed by atoms with Crippen LogP contribution in [0.2, 0.25) is 5.02 Å². The van der Waals surface area contributed by atoms with E-state index in [1.807, 2.05) is 0 Å². The molecule has 0 saturated carbocycles. The standard InChI is InChI=1S/C12H10ClFN2O4/c1-19-8-3-5(10(14)9(13)11(8)20-2)6-4-7(12(17)18)16-15-6/h3-4H,1-2H3,(H,15,16)(H,17,18). The number of H-pyrrole nitrogens is 1. The Morgan fingerprint density at radius 2 is 2.10 bits per heavy atom. The van der Waals surface area contributed by atoms with Crippen molar-refractivity contribution in [2.24, 2.45) is 0 Å². The number of rotatable bonds is 4. The minimum atomic E-state index is -1.20. The number of carbonyl (C=O) groups is 1. The number of carboxylic acid groups (broad SMARTS) is 1. The maximum absolute atomic E-state index is 14.2. The minimum absolute atomic E-state index is 0.0106. The molecule has 0 amide bonds. The molecule has 0 atom stereocenters. The highest BCUT2D eigenvalue weighted by molar-refractivity contribution is 6.32. The van der Waals surface area contributed by atoms with Crippen molar-refractivity contribution in [1.29, 1.82) is 0 Å². The van der Waals surface area contributed by atoms with E-state index in [1.54, 1.807) is 0 Å². The third kappa shape index (κ3) is 2.27. The second-order valence-corrected chi connectivity index (χ2v) is 4.14. The summed E-state index contributed by atoms with van der Waals surface area (Å²) >= 11 is 5.87. The van der Waals surface area contributed by atoms with Gasteiger partial charge in [-0.05, 0) is 12.1 Å². The first-order valence-electron chi connectivity index (χ1n) is 5.38. The third-order valence-electron chi connectivity index (χ3n) is 2.64. The van der Waals surface area contributed by atoms with Gasteiger partial charge >= 0.3 is 5.97 Å². The van der Waals surface area contributed by atoms with Gasteiger partial charge in [0, 0.05) is 5.56 Å². The number of hydrogen-bond acceptors (Lipinski definition) is 4. The quantitative estimate of drug-likeness (QED) is 0.906. The first-order chi connectivity index (χ1) is 9.49. The summed E-state index contributed by atoms with van der Waals surface area (Å²) in [6.45, 7) is 0. The average Bonchev–Trinajstić information content (AvgIpc) is 2.91. The summed E-state index contributed by atoms with van der Waals surface area (Å²) in [6, 6.07) is 2.53. The van der Waals surface area contributed by atoms with Crippen molar-refractivity contribution in [3.8, 4) is 22.8 Å². The van der Waals surface area contributed by atoms with Gasteiger partial charge in [-0.2, -0.15) is 5.10 Å². The molecule has 0 bridgehead atoms. The summed E-state index contributed by atoms with van der Waals surface area (Å²) < 4.78 is 24.2. The fourth-order valence-electron chi connectivity index (χ4n) is 1.68. The Hall–Kier alpha value is -2.28. The van der Waals surface area contributed by atoms with Crippen molar-refractivity contribution in [2.75, 3.05) is 14.2 Å². The molecule has 0 unspecified atom stereocenters. The van der Waals surface area contributed by atoms with Gasteiger partial charge in [0.05, 0.1) is 19.9 Å². The fourth-order valence-corrected chi connectivity index (χ4v) is 1.96. The molecule has 1 aromatic carbocycles. The zero-order chi connectivity index (χ0) is 14.9. The largest absolute Gasteiger partial charge is 0.493 e. The van der Waals surface area contributed by atoms with Crippen molar-refractivity contribution in [2.45, 2.75) is 0 Å². The first kappa shape index (κ1) is 14.1. The summed E-state index contributed by atoms with van der Waals surface area (Å²) in [5.74, 6) is -1.69. The molecule has 0 aliphatic carbocycles. The fraction of sp³-hybridized carbons (Fsp3) is 0.167. The zero-order valence-corrected chi connectivity index (χ0v) is 11.3. The van der Waals surface area contributed by atoms with E-state index in [9.17, 15) is 9.18 Å². The topological polar surface area (TPSA) is 84.4 Å². The van der Waals surface area contributed by atoms with Gasteiger partial charge in [0.1, 0.15) is 10.7 Å². The van der Waals surface area contributed by atoms with Crippen molar-refractivity contribution in [3.05, 3.63) is 28.7 Å². The van der Waals surface area contributed by atoms with E-state index in [1.165, 1.54) is 26.4 Å². The lowest BCUT2D eigenvalue weighted by Gasteiger charge is -2.12. The van der Waals surface area contributed by atoms with E-state index in [2.05, 4.69) is 10.2 Å². The predicted octanol–water partition coefficient (Wildman–Crippen LogP) is 2.58. The van der Waals surface area contributed by atoms with Gasteiger partial charge in [-0.25, -0.2) is 9.18 Å². The number of methoxy groups -OCH3 is 2. The monoisotopic (exact) mass is 300 g/mol. The van der Waals surface area contributed by atoms with Crippen LogP contribution >= 0.6 is 11.6 Å². The van der Waals surface area contributed by atoms with Crippen LogP contribution in [0, 0.1) is 5.82 Å². The Kier molecular flexibility index (Phi) is 3.80. The molecule has 20 heavy (non-hydrogen) atoms. The second-order valence-electron chi connectivity index (χ2n) is 3.76. The molecule has 1 aromatic heterocycles. The summed E-state index contributed by atoms with van der Waals surface area (Å²) in [6.07, 6.45) is 0.